The Labute approximate surface area is 165 Å². The monoisotopic (exact) mass is 386 g/mol. The third-order valence-electron chi connectivity index (χ3n) is 5.74. The summed E-state index contributed by atoms with van der Waals surface area (Å²) in [6, 6.07) is 6.28. The maximum atomic E-state index is 12.8. The molecule has 7 nitrogen and oxygen atoms in total. The number of anilines is 1. The van der Waals surface area contributed by atoms with Crippen LogP contribution in [0.4, 0.5) is 5.69 Å². The van der Waals surface area contributed by atoms with Crippen LogP contribution >= 0.6 is 0 Å². The molecule has 0 radical (unpaired) electrons. The van der Waals surface area contributed by atoms with E-state index in [4.69, 9.17) is 4.74 Å². The lowest BCUT2D eigenvalue weighted by Gasteiger charge is -2.36. The van der Waals surface area contributed by atoms with E-state index in [9.17, 15) is 9.59 Å². The number of carbonyl (C=O) groups is 1. The van der Waals surface area contributed by atoms with Crippen LogP contribution in [0.3, 0.4) is 0 Å². The van der Waals surface area contributed by atoms with Gasteiger partial charge in [0.2, 0.25) is 0 Å². The minimum absolute atomic E-state index is 0.162. The Morgan fingerprint density at radius 3 is 2.64 bits per heavy atom. The van der Waals surface area contributed by atoms with E-state index in [2.05, 4.69) is 28.3 Å². The maximum absolute atomic E-state index is 12.8. The Balaban J connectivity index is 1.79. The van der Waals surface area contributed by atoms with Crippen molar-refractivity contribution in [3.8, 4) is 0 Å². The fraction of sp³-hybridized carbons (Fsp3) is 0.524. The molecule has 0 bridgehead atoms. The molecule has 1 amide bonds. The molecule has 0 unspecified atom stereocenters. The number of aromatic nitrogens is 2. The van der Waals surface area contributed by atoms with Crippen LogP contribution in [-0.4, -0.2) is 41.5 Å². The number of amides is 1. The number of aromatic amines is 1. The third kappa shape index (κ3) is 3.99. The molecule has 152 valence electrons. The Kier molecular flexibility index (Phi) is 6.24. The molecule has 0 atom stereocenters. The molecular formula is C21H30N4O3. The Bertz CT molecular complexity index is 894. The molecule has 7 heteroatoms. The summed E-state index contributed by atoms with van der Waals surface area (Å²) in [5, 5.41) is 5.62. The number of nitrogens with zero attached hydrogens (tertiary/aromatic N) is 2. The largest absolute Gasteiger partial charge is 0.381 e. The number of carbonyl (C=O) groups excluding carboxylic acids is 1. The van der Waals surface area contributed by atoms with Crippen LogP contribution in [0.5, 0.6) is 0 Å². The van der Waals surface area contributed by atoms with E-state index >= 15 is 0 Å². The third-order valence-corrected chi connectivity index (χ3v) is 5.74. The zero-order valence-corrected chi connectivity index (χ0v) is 17.2. The van der Waals surface area contributed by atoms with Gasteiger partial charge < -0.3 is 15.0 Å². The van der Waals surface area contributed by atoms with Crippen molar-refractivity contribution >= 4 is 11.6 Å². The van der Waals surface area contributed by atoms with Gasteiger partial charge in [0.15, 0.2) is 0 Å². The van der Waals surface area contributed by atoms with Crippen molar-refractivity contribution < 1.29 is 9.53 Å². The number of aryl methyl sites for hydroxylation is 1. The topological polar surface area (TPSA) is 79.4 Å². The second-order valence-corrected chi connectivity index (χ2v) is 7.33. The molecule has 2 heterocycles. The van der Waals surface area contributed by atoms with E-state index in [1.54, 1.807) is 11.7 Å². The van der Waals surface area contributed by atoms with Gasteiger partial charge in [-0.3, -0.25) is 19.4 Å². The molecule has 0 saturated carbocycles. The average Bonchev–Trinajstić information content (AvgIpc) is 2.94. The Morgan fingerprint density at radius 1 is 1.32 bits per heavy atom. The molecule has 1 aliphatic heterocycles. The summed E-state index contributed by atoms with van der Waals surface area (Å²) in [6.45, 7) is 8.66. The van der Waals surface area contributed by atoms with E-state index in [0.717, 1.165) is 49.5 Å². The Hall–Kier alpha value is -2.54. The molecule has 1 aliphatic rings. The lowest BCUT2D eigenvalue weighted by molar-refractivity contribution is 0.0846. The van der Waals surface area contributed by atoms with Crippen LogP contribution in [-0.2, 0) is 18.3 Å². The normalized spacial score (nSPS) is 14.9. The van der Waals surface area contributed by atoms with Crippen molar-refractivity contribution in [1.29, 1.82) is 0 Å². The SMILES string of the molecule is CCN(c1cccc(C(=O)NCc2c(C)n(C)[nH]c2=O)c1C)C1CCOCC1. The van der Waals surface area contributed by atoms with E-state index < -0.39 is 0 Å². The number of ether oxygens (including phenoxy) is 1. The minimum atomic E-state index is -0.164. The van der Waals surface area contributed by atoms with Crippen LogP contribution in [0.1, 0.15) is 46.9 Å². The van der Waals surface area contributed by atoms with Crippen LogP contribution in [0.25, 0.3) is 0 Å². The smallest absolute Gasteiger partial charge is 0.269 e. The zero-order chi connectivity index (χ0) is 20.3. The zero-order valence-electron chi connectivity index (χ0n) is 17.2. The molecular weight excluding hydrogens is 356 g/mol. The summed E-state index contributed by atoms with van der Waals surface area (Å²) >= 11 is 0. The fourth-order valence-electron chi connectivity index (χ4n) is 3.95. The van der Waals surface area contributed by atoms with E-state index in [1.807, 2.05) is 26.0 Å². The first-order valence-electron chi connectivity index (χ1n) is 9.90. The van der Waals surface area contributed by atoms with Crippen molar-refractivity contribution in [2.24, 2.45) is 7.05 Å². The number of hydrogen-bond donors (Lipinski definition) is 2. The quantitative estimate of drug-likeness (QED) is 0.798. The first-order valence-corrected chi connectivity index (χ1v) is 9.90. The average molecular weight is 386 g/mol. The van der Waals surface area contributed by atoms with Gasteiger partial charge in [-0.15, -0.1) is 0 Å². The predicted octanol–water partition coefficient (Wildman–Crippen LogP) is 2.27. The number of nitrogens with one attached hydrogen (secondary N) is 2. The highest BCUT2D eigenvalue weighted by Crippen LogP contribution is 2.28. The molecule has 1 aromatic heterocycles. The standard InChI is InChI=1S/C21H30N4O3/c1-5-25(16-9-11-28-12-10-16)19-8-6-7-17(14(19)2)20(26)22-13-18-15(3)24(4)23-21(18)27/h6-8,16H,5,9-13H2,1-4H3,(H,22,26)(H,23,27). The summed E-state index contributed by atoms with van der Waals surface area (Å²) in [5.41, 5.74) is 3.95. The van der Waals surface area contributed by atoms with Crippen LogP contribution < -0.4 is 15.8 Å². The van der Waals surface area contributed by atoms with Gasteiger partial charge in [-0.05, 0) is 51.3 Å². The number of rotatable bonds is 6. The molecule has 2 N–H and O–H groups in total. The minimum Gasteiger partial charge on any atom is -0.381 e. The van der Waals surface area contributed by atoms with E-state index in [-0.39, 0.29) is 18.0 Å². The highest BCUT2D eigenvalue weighted by molar-refractivity contribution is 5.97. The summed E-state index contributed by atoms with van der Waals surface area (Å²) in [7, 11) is 1.78. The summed E-state index contributed by atoms with van der Waals surface area (Å²) in [4.78, 5) is 27.2. The Morgan fingerprint density at radius 2 is 2.04 bits per heavy atom. The molecule has 3 rings (SSSR count). The predicted molar refractivity (Wildman–Crippen MR) is 110 cm³/mol. The fourth-order valence-corrected chi connectivity index (χ4v) is 3.95. The molecule has 1 fully saturated rings. The number of benzene rings is 1. The van der Waals surface area contributed by atoms with E-state index in [1.165, 1.54) is 0 Å². The second kappa shape index (κ2) is 8.65. The van der Waals surface area contributed by atoms with Crippen LogP contribution in [0.2, 0.25) is 0 Å². The van der Waals surface area contributed by atoms with Crippen molar-refractivity contribution in [2.75, 3.05) is 24.7 Å². The van der Waals surface area contributed by atoms with Gasteiger partial charge in [-0.1, -0.05) is 6.07 Å². The van der Waals surface area contributed by atoms with Crippen LogP contribution in [0, 0.1) is 13.8 Å². The van der Waals surface area contributed by atoms with Gasteiger partial charge in [0.25, 0.3) is 11.5 Å². The van der Waals surface area contributed by atoms with E-state index in [0.29, 0.717) is 17.2 Å². The molecule has 0 aliphatic carbocycles. The van der Waals surface area contributed by atoms with Crippen molar-refractivity contribution in [1.82, 2.24) is 15.1 Å². The van der Waals surface area contributed by atoms with Gasteiger partial charge in [-0.25, -0.2) is 0 Å². The van der Waals surface area contributed by atoms with Crippen molar-refractivity contribution in [3.63, 3.8) is 0 Å². The van der Waals surface area contributed by atoms with Gasteiger partial charge in [0.05, 0.1) is 12.1 Å². The highest BCUT2D eigenvalue weighted by Gasteiger charge is 2.23. The molecule has 1 saturated heterocycles. The van der Waals surface area contributed by atoms with Crippen LogP contribution in [0.15, 0.2) is 23.0 Å². The number of hydrogen-bond acceptors (Lipinski definition) is 4. The molecule has 1 aromatic carbocycles. The molecule has 28 heavy (non-hydrogen) atoms. The van der Waals surface area contributed by atoms with Gasteiger partial charge in [0, 0.05) is 49.8 Å². The first-order chi connectivity index (χ1) is 13.4. The van der Waals surface area contributed by atoms with Gasteiger partial charge in [0.1, 0.15) is 0 Å². The lowest BCUT2D eigenvalue weighted by atomic mass is 10.0. The van der Waals surface area contributed by atoms with Gasteiger partial charge >= 0.3 is 0 Å². The molecule has 0 spiro atoms. The summed E-state index contributed by atoms with van der Waals surface area (Å²) < 4.78 is 7.17. The second-order valence-electron chi connectivity index (χ2n) is 7.33. The number of H-pyrrole nitrogens is 1. The summed E-state index contributed by atoms with van der Waals surface area (Å²) in [6.07, 6.45) is 2.00. The molecule has 2 aromatic rings. The van der Waals surface area contributed by atoms with Crippen molar-refractivity contribution in [3.05, 3.63) is 50.9 Å². The van der Waals surface area contributed by atoms with Crippen molar-refractivity contribution in [2.45, 2.75) is 46.2 Å². The lowest BCUT2D eigenvalue weighted by Crippen LogP contribution is -2.40. The summed E-state index contributed by atoms with van der Waals surface area (Å²) in [5.74, 6) is -0.162. The van der Waals surface area contributed by atoms with Gasteiger partial charge in [-0.2, -0.15) is 0 Å². The first kappa shape index (κ1) is 20.2. The highest BCUT2D eigenvalue weighted by atomic mass is 16.5. The maximum Gasteiger partial charge on any atom is 0.269 e.